The highest BCUT2D eigenvalue weighted by Gasteiger charge is 2.10. The zero-order valence-electron chi connectivity index (χ0n) is 9.45. The van der Waals surface area contributed by atoms with Crippen molar-refractivity contribution in [1.29, 1.82) is 0 Å². The highest BCUT2D eigenvalue weighted by atomic mass is 35.5. The lowest BCUT2D eigenvalue weighted by Gasteiger charge is -2.10. The average Bonchev–Trinajstić information content (AvgIpc) is 2.34. The molecule has 19 heavy (non-hydrogen) atoms. The highest BCUT2D eigenvalue weighted by molar-refractivity contribution is 6.42. The average molecular weight is 300 g/mol. The predicted octanol–water partition coefficient (Wildman–Crippen LogP) is 4.89. The van der Waals surface area contributed by atoms with E-state index in [0.717, 1.165) is 0 Å². The molecule has 0 saturated heterocycles. The molecular formula is C13H8Cl2FNO2. The third-order valence-electron chi connectivity index (χ3n) is 2.45. The van der Waals surface area contributed by atoms with Gasteiger partial charge < -0.3 is 5.11 Å². The molecule has 0 bridgehead atoms. The Hall–Kier alpha value is -1.78. The first-order valence-corrected chi connectivity index (χ1v) is 5.98. The molecule has 0 aliphatic rings. The standard InChI is InChI=1S/C13H8Cl2FNO2/c14-10-3-1-7(5-11(10)15)9-6-8(16)2-4-12(9)17-13(18)19/h1-6,17H,(H,18,19). The Bertz CT molecular complexity index is 647. The van der Waals surface area contributed by atoms with Gasteiger partial charge in [-0.3, -0.25) is 5.32 Å². The summed E-state index contributed by atoms with van der Waals surface area (Å²) < 4.78 is 13.3. The predicted molar refractivity (Wildman–Crippen MR) is 73.5 cm³/mol. The van der Waals surface area contributed by atoms with E-state index in [4.69, 9.17) is 28.3 Å². The van der Waals surface area contributed by atoms with Crippen molar-refractivity contribution in [1.82, 2.24) is 0 Å². The number of nitrogens with one attached hydrogen (secondary N) is 1. The van der Waals surface area contributed by atoms with Gasteiger partial charge >= 0.3 is 6.09 Å². The quantitative estimate of drug-likeness (QED) is 0.829. The van der Waals surface area contributed by atoms with Crippen LogP contribution in [0.15, 0.2) is 36.4 Å². The Morgan fingerprint density at radius 3 is 2.47 bits per heavy atom. The number of anilines is 1. The molecule has 2 aromatic rings. The van der Waals surface area contributed by atoms with E-state index in [0.29, 0.717) is 21.2 Å². The van der Waals surface area contributed by atoms with Crippen LogP contribution in [0, 0.1) is 5.82 Å². The fourth-order valence-electron chi connectivity index (χ4n) is 1.64. The summed E-state index contributed by atoms with van der Waals surface area (Å²) in [6.45, 7) is 0. The maximum absolute atomic E-state index is 13.3. The van der Waals surface area contributed by atoms with Gasteiger partial charge in [0.1, 0.15) is 5.82 Å². The largest absolute Gasteiger partial charge is 0.465 e. The number of carbonyl (C=O) groups is 1. The smallest absolute Gasteiger partial charge is 0.409 e. The first-order valence-electron chi connectivity index (χ1n) is 5.22. The van der Waals surface area contributed by atoms with Crippen LogP contribution in [-0.2, 0) is 0 Å². The first-order chi connectivity index (χ1) is 8.97. The van der Waals surface area contributed by atoms with Crippen LogP contribution >= 0.6 is 23.2 Å². The van der Waals surface area contributed by atoms with Crippen molar-refractivity contribution in [3.63, 3.8) is 0 Å². The molecule has 2 rings (SSSR count). The summed E-state index contributed by atoms with van der Waals surface area (Å²) in [4.78, 5) is 10.7. The molecule has 3 nitrogen and oxygen atoms in total. The van der Waals surface area contributed by atoms with Crippen LogP contribution in [0.4, 0.5) is 14.9 Å². The maximum atomic E-state index is 13.3. The summed E-state index contributed by atoms with van der Waals surface area (Å²) in [5.41, 5.74) is 1.23. The molecule has 0 aromatic heterocycles. The second kappa shape index (κ2) is 5.47. The lowest BCUT2D eigenvalue weighted by Crippen LogP contribution is -2.08. The third kappa shape index (κ3) is 3.16. The van der Waals surface area contributed by atoms with Crippen LogP contribution in [0.2, 0.25) is 10.0 Å². The first kappa shape index (κ1) is 13.6. The fourth-order valence-corrected chi connectivity index (χ4v) is 1.94. The summed E-state index contributed by atoms with van der Waals surface area (Å²) in [5.74, 6) is -0.475. The van der Waals surface area contributed by atoms with E-state index < -0.39 is 11.9 Å². The van der Waals surface area contributed by atoms with Gasteiger partial charge in [-0.1, -0.05) is 29.3 Å². The van der Waals surface area contributed by atoms with Crippen molar-refractivity contribution in [3.05, 3.63) is 52.3 Å². The number of hydrogen-bond donors (Lipinski definition) is 2. The van der Waals surface area contributed by atoms with Crippen LogP contribution in [0.1, 0.15) is 0 Å². The Morgan fingerprint density at radius 1 is 1.11 bits per heavy atom. The van der Waals surface area contributed by atoms with E-state index in [2.05, 4.69) is 5.32 Å². The number of carboxylic acid groups (broad SMARTS) is 1. The highest BCUT2D eigenvalue weighted by Crippen LogP contribution is 2.33. The molecule has 0 aliphatic carbocycles. The SMILES string of the molecule is O=C(O)Nc1ccc(F)cc1-c1ccc(Cl)c(Cl)c1. The Kier molecular flexibility index (Phi) is 3.93. The minimum atomic E-state index is -1.23. The molecule has 0 saturated carbocycles. The summed E-state index contributed by atoms with van der Waals surface area (Å²) >= 11 is 11.7. The second-order valence-electron chi connectivity index (χ2n) is 3.75. The lowest BCUT2D eigenvalue weighted by atomic mass is 10.0. The fraction of sp³-hybridized carbons (Fsp3) is 0. The monoisotopic (exact) mass is 299 g/mol. The van der Waals surface area contributed by atoms with Gasteiger partial charge in [-0.05, 0) is 35.9 Å². The van der Waals surface area contributed by atoms with Crippen LogP contribution < -0.4 is 5.32 Å². The molecule has 2 aromatic carbocycles. The zero-order valence-corrected chi connectivity index (χ0v) is 11.0. The van der Waals surface area contributed by atoms with E-state index >= 15 is 0 Å². The number of rotatable bonds is 2. The number of hydrogen-bond acceptors (Lipinski definition) is 1. The molecule has 0 aliphatic heterocycles. The molecular weight excluding hydrogens is 292 g/mol. The molecule has 0 unspecified atom stereocenters. The molecule has 0 atom stereocenters. The van der Waals surface area contributed by atoms with Crippen LogP contribution in [0.25, 0.3) is 11.1 Å². The van der Waals surface area contributed by atoms with Gasteiger partial charge in [-0.25, -0.2) is 9.18 Å². The summed E-state index contributed by atoms with van der Waals surface area (Å²) in [6, 6.07) is 8.49. The van der Waals surface area contributed by atoms with Crippen LogP contribution in [0.5, 0.6) is 0 Å². The third-order valence-corrected chi connectivity index (χ3v) is 3.19. The molecule has 1 amide bonds. The summed E-state index contributed by atoms with van der Waals surface area (Å²) in [5, 5.41) is 11.6. The summed E-state index contributed by atoms with van der Waals surface area (Å²) in [7, 11) is 0. The molecule has 0 spiro atoms. The van der Waals surface area contributed by atoms with E-state index in [1.807, 2.05) is 0 Å². The zero-order chi connectivity index (χ0) is 14.0. The number of amides is 1. The van der Waals surface area contributed by atoms with E-state index in [9.17, 15) is 9.18 Å². The van der Waals surface area contributed by atoms with E-state index in [-0.39, 0.29) is 5.69 Å². The topological polar surface area (TPSA) is 49.3 Å². The molecule has 0 heterocycles. The molecule has 98 valence electrons. The normalized spacial score (nSPS) is 10.3. The Balaban J connectivity index is 2.55. The summed E-state index contributed by atoms with van der Waals surface area (Å²) in [6.07, 6.45) is -1.23. The second-order valence-corrected chi connectivity index (χ2v) is 4.56. The van der Waals surface area contributed by atoms with Gasteiger partial charge in [0.25, 0.3) is 0 Å². The maximum Gasteiger partial charge on any atom is 0.409 e. The van der Waals surface area contributed by atoms with Crippen molar-refractivity contribution >= 4 is 35.0 Å². The van der Waals surface area contributed by atoms with Crippen molar-refractivity contribution in [2.45, 2.75) is 0 Å². The van der Waals surface area contributed by atoms with Crippen LogP contribution in [-0.4, -0.2) is 11.2 Å². The number of halogens is 3. The van der Waals surface area contributed by atoms with Gasteiger partial charge in [-0.15, -0.1) is 0 Å². The Morgan fingerprint density at radius 2 is 1.84 bits per heavy atom. The molecule has 0 radical (unpaired) electrons. The minimum absolute atomic E-state index is 0.271. The molecule has 6 heteroatoms. The minimum Gasteiger partial charge on any atom is -0.465 e. The van der Waals surface area contributed by atoms with Gasteiger partial charge in [0.15, 0.2) is 0 Å². The van der Waals surface area contributed by atoms with Crippen molar-refractivity contribution in [2.24, 2.45) is 0 Å². The van der Waals surface area contributed by atoms with E-state index in [1.165, 1.54) is 18.2 Å². The van der Waals surface area contributed by atoms with Crippen molar-refractivity contribution < 1.29 is 14.3 Å². The van der Waals surface area contributed by atoms with Gasteiger partial charge in [0.05, 0.1) is 15.7 Å². The van der Waals surface area contributed by atoms with Gasteiger partial charge in [-0.2, -0.15) is 0 Å². The lowest BCUT2D eigenvalue weighted by molar-refractivity contribution is 0.210. The van der Waals surface area contributed by atoms with Gasteiger partial charge in [0, 0.05) is 5.56 Å². The van der Waals surface area contributed by atoms with Crippen molar-refractivity contribution in [3.8, 4) is 11.1 Å². The van der Waals surface area contributed by atoms with E-state index in [1.54, 1.807) is 18.2 Å². The molecule has 0 fully saturated rings. The van der Waals surface area contributed by atoms with Crippen molar-refractivity contribution in [2.75, 3.05) is 5.32 Å². The number of benzene rings is 2. The molecule has 2 N–H and O–H groups in total. The van der Waals surface area contributed by atoms with Crippen LogP contribution in [0.3, 0.4) is 0 Å². The van der Waals surface area contributed by atoms with Gasteiger partial charge in [0.2, 0.25) is 0 Å². The Labute approximate surface area is 118 Å².